The van der Waals surface area contributed by atoms with Gasteiger partial charge in [-0.3, -0.25) is 8.97 Å². The summed E-state index contributed by atoms with van der Waals surface area (Å²) >= 11 is 6.30. The van der Waals surface area contributed by atoms with Gasteiger partial charge >= 0.3 is 5.69 Å². The van der Waals surface area contributed by atoms with Crippen LogP contribution in [0.15, 0.2) is 65.5 Å². The highest BCUT2D eigenvalue weighted by Crippen LogP contribution is 2.38. The van der Waals surface area contributed by atoms with Gasteiger partial charge in [-0.1, -0.05) is 60.1 Å². The van der Waals surface area contributed by atoms with Crippen molar-refractivity contribution >= 4 is 39.1 Å². The van der Waals surface area contributed by atoms with E-state index in [9.17, 15) is 4.79 Å². The van der Waals surface area contributed by atoms with E-state index < -0.39 is 0 Å². The van der Waals surface area contributed by atoms with Gasteiger partial charge in [0.25, 0.3) is 0 Å². The maximum Gasteiger partial charge on any atom is 0.333 e. The summed E-state index contributed by atoms with van der Waals surface area (Å²) in [5.74, 6) is 0. The fourth-order valence-electron chi connectivity index (χ4n) is 3.96. The predicted octanol–water partition coefficient (Wildman–Crippen LogP) is 4.97. The second-order valence-electron chi connectivity index (χ2n) is 6.74. The number of hydrogen-bond donors (Lipinski definition) is 0. The zero-order valence-electron chi connectivity index (χ0n) is 14.9. The first-order valence-corrected chi connectivity index (χ1v) is 9.10. The molecule has 0 radical (unpaired) electrons. The number of fused-ring (bicyclic) bond motifs is 5. The Morgan fingerprint density at radius 3 is 2.44 bits per heavy atom. The monoisotopic (exact) mass is 373 g/mol. The van der Waals surface area contributed by atoms with Crippen molar-refractivity contribution in [3.8, 4) is 11.1 Å². The fraction of sp³-hybridized carbons (Fsp3) is 0.0909. The zero-order chi connectivity index (χ0) is 18.7. The lowest BCUT2D eigenvalue weighted by Gasteiger charge is -2.09. The smallest absolute Gasteiger partial charge is 0.296 e. The Morgan fingerprint density at radius 2 is 1.67 bits per heavy atom. The average Bonchev–Trinajstić information content (AvgIpc) is 3.02. The number of halogens is 1. The molecule has 4 nitrogen and oxygen atoms in total. The number of aromatic nitrogens is 3. The van der Waals surface area contributed by atoms with E-state index in [-0.39, 0.29) is 5.69 Å². The summed E-state index contributed by atoms with van der Waals surface area (Å²) in [5, 5.41) is 1.43. The van der Waals surface area contributed by atoms with Crippen molar-refractivity contribution in [2.75, 3.05) is 0 Å². The number of para-hydroxylation sites is 1. The van der Waals surface area contributed by atoms with Crippen LogP contribution in [0, 0.1) is 6.92 Å². The highest BCUT2D eigenvalue weighted by molar-refractivity contribution is 6.30. The largest absolute Gasteiger partial charge is 0.333 e. The minimum Gasteiger partial charge on any atom is -0.296 e. The Labute approximate surface area is 160 Å². The molecule has 0 amide bonds. The van der Waals surface area contributed by atoms with Gasteiger partial charge in [-0.15, -0.1) is 0 Å². The SMILES string of the molecule is Cc1cc(Cl)nc2c(-c3ccccc3)c3c4ccccc4n(C)c(=O)n3c12. The van der Waals surface area contributed by atoms with E-state index in [1.807, 2.05) is 61.5 Å². The van der Waals surface area contributed by atoms with Crippen LogP contribution in [-0.2, 0) is 7.05 Å². The Morgan fingerprint density at radius 1 is 0.963 bits per heavy atom. The molecule has 0 aliphatic rings. The van der Waals surface area contributed by atoms with Crippen LogP contribution < -0.4 is 5.69 Å². The van der Waals surface area contributed by atoms with E-state index in [4.69, 9.17) is 11.6 Å². The Hall–Kier alpha value is -3.11. The van der Waals surface area contributed by atoms with Crippen molar-refractivity contribution in [1.29, 1.82) is 0 Å². The van der Waals surface area contributed by atoms with Crippen molar-refractivity contribution in [1.82, 2.24) is 14.0 Å². The van der Waals surface area contributed by atoms with Gasteiger partial charge in [-0.2, -0.15) is 0 Å². The Balaban J connectivity index is 2.20. The van der Waals surface area contributed by atoms with Crippen molar-refractivity contribution in [3.63, 3.8) is 0 Å². The number of hydrogen-bond acceptors (Lipinski definition) is 2. The lowest BCUT2D eigenvalue weighted by molar-refractivity contribution is 0.837. The molecule has 0 saturated carbocycles. The number of aryl methyl sites for hydroxylation is 2. The Bertz CT molecular complexity index is 1410. The van der Waals surface area contributed by atoms with Crippen LogP contribution in [0.25, 0.3) is 38.6 Å². The standard InChI is InChI=1S/C22H16ClN3O/c1-13-12-17(23)24-19-18(14-8-4-3-5-9-14)21-15-10-6-7-11-16(15)25(2)22(27)26(21)20(13)19/h3-12H,1-2H3. The normalized spacial score (nSPS) is 11.7. The first-order valence-electron chi connectivity index (χ1n) is 8.72. The minimum absolute atomic E-state index is 0.0943. The predicted molar refractivity (Wildman–Crippen MR) is 111 cm³/mol. The van der Waals surface area contributed by atoms with E-state index in [2.05, 4.69) is 4.98 Å². The average molecular weight is 374 g/mol. The molecular formula is C22H16ClN3O. The quantitative estimate of drug-likeness (QED) is 0.389. The van der Waals surface area contributed by atoms with E-state index in [0.717, 1.165) is 44.1 Å². The molecule has 0 saturated heterocycles. The maximum atomic E-state index is 13.3. The lowest BCUT2D eigenvalue weighted by Crippen LogP contribution is -2.24. The summed E-state index contributed by atoms with van der Waals surface area (Å²) in [6.45, 7) is 1.96. The van der Waals surface area contributed by atoms with E-state index >= 15 is 0 Å². The van der Waals surface area contributed by atoms with Gasteiger partial charge in [-0.05, 0) is 30.2 Å². The zero-order valence-corrected chi connectivity index (χ0v) is 15.7. The molecule has 2 aromatic carbocycles. The summed E-state index contributed by atoms with van der Waals surface area (Å²) in [6.07, 6.45) is 0. The molecule has 132 valence electrons. The molecule has 0 fully saturated rings. The fourth-order valence-corrected chi connectivity index (χ4v) is 4.21. The number of rotatable bonds is 1. The van der Waals surface area contributed by atoms with E-state index in [1.165, 1.54) is 0 Å². The van der Waals surface area contributed by atoms with Gasteiger partial charge in [-0.25, -0.2) is 9.78 Å². The molecule has 0 N–H and O–H groups in total. The third-order valence-corrected chi connectivity index (χ3v) is 5.33. The van der Waals surface area contributed by atoms with Crippen LogP contribution in [0.3, 0.4) is 0 Å². The molecule has 27 heavy (non-hydrogen) atoms. The number of pyridine rings is 1. The molecule has 0 spiro atoms. The molecule has 0 bridgehead atoms. The van der Waals surface area contributed by atoms with Crippen LogP contribution in [0.4, 0.5) is 0 Å². The molecule has 5 heteroatoms. The van der Waals surface area contributed by atoms with Gasteiger partial charge in [0.2, 0.25) is 0 Å². The van der Waals surface area contributed by atoms with E-state index in [1.54, 1.807) is 22.1 Å². The molecule has 0 atom stereocenters. The van der Waals surface area contributed by atoms with Crippen molar-refractivity contribution in [2.24, 2.45) is 7.05 Å². The maximum absolute atomic E-state index is 13.3. The van der Waals surface area contributed by atoms with Crippen LogP contribution >= 0.6 is 11.6 Å². The number of nitrogens with zero attached hydrogens (tertiary/aromatic N) is 3. The summed E-state index contributed by atoms with van der Waals surface area (Å²) in [4.78, 5) is 17.9. The molecule has 0 aliphatic carbocycles. The summed E-state index contributed by atoms with van der Waals surface area (Å²) in [5.41, 5.74) is 6.09. The van der Waals surface area contributed by atoms with Crippen molar-refractivity contribution in [2.45, 2.75) is 6.92 Å². The van der Waals surface area contributed by atoms with Crippen molar-refractivity contribution in [3.05, 3.63) is 81.9 Å². The third kappa shape index (κ3) is 2.17. The Kier molecular flexibility index (Phi) is 3.39. The van der Waals surface area contributed by atoms with E-state index in [0.29, 0.717) is 5.15 Å². The molecule has 0 unspecified atom stereocenters. The summed E-state index contributed by atoms with van der Waals surface area (Å²) < 4.78 is 3.46. The van der Waals surface area contributed by atoms with Crippen LogP contribution in [0.5, 0.6) is 0 Å². The third-order valence-electron chi connectivity index (χ3n) is 5.13. The first-order chi connectivity index (χ1) is 13.1. The topological polar surface area (TPSA) is 39.3 Å². The number of benzene rings is 2. The second-order valence-corrected chi connectivity index (χ2v) is 7.13. The molecular weight excluding hydrogens is 358 g/mol. The van der Waals surface area contributed by atoms with Gasteiger partial charge in [0, 0.05) is 18.0 Å². The van der Waals surface area contributed by atoms with Crippen molar-refractivity contribution < 1.29 is 0 Å². The molecule has 5 rings (SSSR count). The van der Waals surface area contributed by atoms with Crippen LogP contribution in [-0.4, -0.2) is 14.0 Å². The van der Waals surface area contributed by atoms with Gasteiger partial charge < -0.3 is 0 Å². The van der Waals surface area contributed by atoms with Gasteiger partial charge in [0.15, 0.2) is 0 Å². The highest BCUT2D eigenvalue weighted by Gasteiger charge is 2.22. The van der Waals surface area contributed by atoms with Crippen LogP contribution in [0.2, 0.25) is 5.15 Å². The highest BCUT2D eigenvalue weighted by atomic mass is 35.5. The molecule has 0 aliphatic heterocycles. The van der Waals surface area contributed by atoms with Gasteiger partial charge in [0.05, 0.1) is 22.1 Å². The minimum atomic E-state index is -0.0943. The van der Waals surface area contributed by atoms with Crippen LogP contribution in [0.1, 0.15) is 5.56 Å². The second kappa shape index (κ2) is 5.69. The van der Waals surface area contributed by atoms with Gasteiger partial charge in [0.1, 0.15) is 5.15 Å². The molecule has 5 aromatic rings. The summed E-state index contributed by atoms with van der Waals surface area (Å²) in [7, 11) is 1.80. The molecule has 3 heterocycles. The first kappa shape index (κ1) is 16.1. The molecule has 3 aromatic heterocycles. The summed E-state index contributed by atoms with van der Waals surface area (Å²) in [6, 6.07) is 19.8. The lowest BCUT2D eigenvalue weighted by atomic mass is 10.0.